The SMILES string of the molecule is CCCC(C)[CH2][Al+][CH2]C(C)CCC.CC[O-]. The van der Waals surface area contributed by atoms with Gasteiger partial charge in [-0.1, -0.05) is 6.92 Å². The summed E-state index contributed by atoms with van der Waals surface area (Å²) in [5.74, 6) is 1.99. The molecule has 0 aliphatic rings. The first kappa shape index (κ1) is 18.8. The summed E-state index contributed by atoms with van der Waals surface area (Å²) in [7, 11) is 0. The van der Waals surface area contributed by atoms with E-state index in [0.717, 1.165) is 27.1 Å². The minimum atomic E-state index is 0. The molecule has 0 heterocycles. The molecule has 2 unspecified atom stereocenters. The molecule has 0 bridgehead atoms. The zero-order valence-corrected chi connectivity index (χ0v) is 13.2. The van der Waals surface area contributed by atoms with Crippen molar-refractivity contribution in [1.82, 2.24) is 0 Å². The first-order valence-corrected chi connectivity index (χ1v) is 8.65. The molecule has 0 spiro atoms. The maximum absolute atomic E-state index is 8.93. The third kappa shape index (κ3) is 16.9. The Balaban J connectivity index is 0. The van der Waals surface area contributed by atoms with Gasteiger partial charge in [-0.25, -0.2) is 0 Å². The maximum atomic E-state index is 8.93. The van der Waals surface area contributed by atoms with Crippen molar-refractivity contribution in [1.29, 1.82) is 0 Å². The number of rotatable bonds is 8. The van der Waals surface area contributed by atoms with Gasteiger partial charge in [0.05, 0.1) is 0 Å². The van der Waals surface area contributed by atoms with Gasteiger partial charge in [-0.05, 0) is 0 Å². The zero-order valence-electron chi connectivity index (χ0n) is 12.1. The van der Waals surface area contributed by atoms with Gasteiger partial charge in [0.25, 0.3) is 0 Å². The van der Waals surface area contributed by atoms with Crippen molar-refractivity contribution in [3.8, 4) is 0 Å². The molecule has 0 aromatic heterocycles. The third-order valence-corrected chi connectivity index (χ3v) is 4.98. The van der Waals surface area contributed by atoms with E-state index < -0.39 is 0 Å². The van der Waals surface area contributed by atoms with Gasteiger partial charge in [0.1, 0.15) is 0 Å². The van der Waals surface area contributed by atoms with Gasteiger partial charge in [0.2, 0.25) is 0 Å². The Morgan fingerprint density at radius 3 is 1.44 bits per heavy atom. The Hall–Kier alpha value is 0.492. The molecule has 2 atom stereocenters. The predicted octanol–water partition coefficient (Wildman–Crippen LogP) is 3.77. The van der Waals surface area contributed by atoms with E-state index in [-0.39, 0.29) is 6.61 Å². The predicted molar refractivity (Wildman–Crippen MR) is 74.1 cm³/mol. The Morgan fingerprint density at radius 1 is 0.875 bits per heavy atom. The minimum Gasteiger partial charge on any atom is -0.855 e. The average Bonchev–Trinajstić information content (AvgIpc) is 2.19. The van der Waals surface area contributed by atoms with Gasteiger partial charge in [0.15, 0.2) is 0 Å². The molecule has 0 aromatic carbocycles. The van der Waals surface area contributed by atoms with Crippen LogP contribution in [0.4, 0.5) is 0 Å². The van der Waals surface area contributed by atoms with E-state index in [1.165, 1.54) is 36.2 Å². The smallest absolute Gasteiger partial charge is 0.0809 e. The van der Waals surface area contributed by atoms with Gasteiger partial charge in [-0.3, -0.25) is 0 Å². The Kier molecular flexibility index (Phi) is 18.2. The number of hydrogen-bond donors (Lipinski definition) is 0. The third-order valence-electron chi connectivity index (χ3n) is 2.70. The largest absolute Gasteiger partial charge is 0.855 e. The summed E-state index contributed by atoms with van der Waals surface area (Å²) >= 11 is 0.744. The summed E-state index contributed by atoms with van der Waals surface area (Å²) in [6.07, 6.45) is 5.61. The van der Waals surface area contributed by atoms with Crippen molar-refractivity contribution in [3.05, 3.63) is 0 Å². The van der Waals surface area contributed by atoms with Crippen LogP contribution < -0.4 is 5.11 Å². The van der Waals surface area contributed by atoms with Crippen LogP contribution in [0.1, 0.15) is 60.3 Å². The first-order chi connectivity index (χ1) is 7.62. The van der Waals surface area contributed by atoms with E-state index in [4.69, 9.17) is 5.11 Å². The molecular formula is C14H31AlO. The van der Waals surface area contributed by atoms with Crippen LogP contribution in [0.5, 0.6) is 0 Å². The monoisotopic (exact) mass is 242 g/mol. The quantitative estimate of drug-likeness (QED) is 0.594. The van der Waals surface area contributed by atoms with E-state index in [2.05, 4.69) is 27.7 Å². The maximum Gasteiger partial charge on any atom is -0.0809 e. The summed E-state index contributed by atoms with van der Waals surface area (Å²) < 4.78 is 0. The summed E-state index contributed by atoms with van der Waals surface area (Å²) in [6.45, 7) is 11.0. The first-order valence-electron chi connectivity index (χ1n) is 7.01. The minimum absolute atomic E-state index is 0. The van der Waals surface area contributed by atoms with E-state index >= 15 is 0 Å². The molecule has 0 radical (unpaired) electrons. The van der Waals surface area contributed by atoms with Crippen LogP contribution in [0.3, 0.4) is 0 Å². The molecular weight excluding hydrogens is 211 g/mol. The zero-order chi connectivity index (χ0) is 12.8. The molecule has 0 amide bonds. The van der Waals surface area contributed by atoms with Gasteiger partial charge >= 0.3 is 91.0 Å². The van der Waals surface area contributed by atoms with Gasteiger partial charge in [-0.2, -0.15) is 0 Å². The van der Waals surface area contributed by atoms with Crippen molar-refractivity contribution in [3.63, 3.8) is 0 Å². The van der Waals surface area contributed by atoms with Crippen molar-refractivity contribution >= 4 is 15.2 Å². The molecule has 0 saturated heterocycles. The topological polar surface area (TPSA) is 23.1 Å². The average molecular weight is 242 g/mol. The van der Waals surface area contributed by atoms with E-state index in [1.54, 1.807) is 6.92 Å². The molecule has 0 rings (SSSR count). The van der Waals surface area contributed by atoms with E-state index in [1.807, 2.05) is 0 Å². The standard InChI is InChI=1S/2C6H13.C2H5O.Al/c2*1-4-5-6(2)3;1-2-3;/h2*6H,2,4-5H2,1,3H3;2H2,1H3;/q;;-1;+1. The Labute approximate surface area is 110 Å². The van der Waals surface area contributed by atoms with Crippen LogP contribution in [0.2, 0.25) is 10.6 Å². The van der Waals surface area contributed by atoms with Crippen LogP contribution in [0.15, 0.2) is 0 Å². The molecule has 1 nitrogen and oxygen atoms in total. The molecule has 2 heteroatoms. The van der Waals surface area contributed by atoms with Gasteiger partial charge in [0, 0.05) is 0 Å². The fourth-order valence-corrected chi connectivity index (χ4v) is 3.69. The normalized spacial score (nSPS) is 13.4. The fourth-order valence-electron chi connectivity index (χ4n) is 1.89. The summed E-state index contributed by atoms with van der Waals surface area (Å²) in [6, 6.07) is 0. The second-order valence-corrected chi connectivity index (χ2v) is 6.36. The van der Waals surface area contributed by atoms with E-state index in [9.17, 15) is 0 Å². The van der Waals surface area contributed by atoms with Crippen LogP contribution in [-0.4, -0.2) is 21.8 Å². The van der Waals surface area contributed by atoms with Crippen molar-refractivity contribution in [2.75, 3.05) is 6.61 Å². The fraction of sp³-hybridized carbons (Fsp3) is 1.00. The molecule has 0 aliphatic heterocycles. The van der Waals surface area contributed by atoms with Gasteiger partial charge < -0.3 is 5.11 Å². The van der Waals surface area contributed by atoms with E-state index in [0.29, 0.717) is 0 Å². The molecule has 0 aliphatic carbocycles. The molecule has 0 aromatic rings. The Bertz CT molecular complexity index is 105. The molecule has 16 heavy (non-hydrogen) atoms. The van der Waals surface area contributed by atoms with Gasteiger partial charge in [-0.15, -0.1) is 6.61 Å². The Morgan fingerprint density at radius 2 is 1.19 bits per heavy atom. The van der Waals surface area contributed by atoms with Crippen LogP contribution >= 0.6 is 0 Å². The molecule has 0 fully saturated rings. The molecule has 96 valence electrons. The van der Waals surface area contributed by atoms with Crippen LogP contribution in [0.25, 0.3) is 0 Å². The van der Waals surface area contributed by atoms with Crippen molar-refractivity contribution in [2.24, 2.45) is 11.8 Å². The van der Waals surface area contributed by atoms with Crippen LogP contribution in [0, 0.1) is 11.8 Å². The van der Waals surface area contributed by atoms with Crippen LogP contribution in [-0.2, 0) is 0 Å². The molecule has 0 saturated carbocycles. The second-order valence-electron chi connectivity index (χ2n) is 4.84. The second kappa shape index (κ2) is 15.5. The number of hydrogen-bond acceptors (Lipinski definition) is 1. The summed E-state index contributed by atoms with van der Waals surface area (Å²) in [5, 5.41) is 12.0. The summed E-state index contributed by atoms with van der Waals surface area (Å²) in [5.41, 5.74) is 0. The van der Waals surface area contributed by atoms with Crippen molar-refractivity contribution in [2.45, 2.75) is 70.9 Å². The van der Waals surface area contributed by atoms with Crippen molar-refractivity contribution < 1.29 is 5.11 Å². The molecule has 0 N–H and O–H groups in total. The summed E-state index contributed by atoms with van der Waals surface area (Å²) in [4.78, 5) is 0.